The Bertz CT molecular complexity index is 676. The van der Waals surface area contributed by atoms with Gasteiger partial charge in [0.15, 0.2) is 0 Å². The minimum absolute atomic E-state index is 0.105. The topological polar surface area (TPSA) is 81.5 Å². The highest BCUT2D eigenvalue weighted by molar-refractivity contribution is 6.33. The van der Waals surface area contributed by atoms with Gasteiger partial charge in [0.1, 0.15) is 5.75 Å². The first-order valence-corrected chi connectivity index (χ1v) is 6.85. The molecule has 114 valence electrons. The minimum Gasteiger partial charge on any atom is -0.493 e. The minimum atomic E-state index is -0.551. The highest BCUT2D eigenvalue weighted by Gasteiger charge is 2.12. The van der Waals surface area contributed by atoms with E-state index in [0.29, 0.717) is 5.75 Å². The van der Waals surface area contributed by atoms with Crippen molar-refractivity contribution in [3.05, 3.63) is 63.7 Å². The Kier molecular flexibility index (Phi) is 5.32. The van der Waals surface area contributed by atoms with Crippen LogP contribution < -0.4 is 10.1 Å². The van der Waals surface area contributed by atoms with E-state index < -0.39 is 4.92 Å². The molecule has 0 unspecified atom stereocenters. The van der Waals surface area contributed by atoms with Gasteiger partial charge >= 0.3 is 0 Å². The Morgan fingerprint density at radius 2 is 1.95 bits per heavy atom. The molecule has 7 heteroatoms. The van der Waals surface area contributed by atoms with Crippen molar-refractivity contribution in [3.8, 4) is 5.75 Å². The zero-order chi connectivity index (χ0) is 15.9. The molecule has 2 aromatic carbocycles. The van der Waals surface area contributed by atoms with Crippen molar-refractivity contribution in [1.82, 2.24) is 0 Å². The van der Waals surface area contributed by atoms with Crippen molar-refractivity contribution < 1.29 is 14.5 Å². The van der Waals surface area contributed by atoms with Crippen molar-refractivity contribution in [2.24, 2.45) is 0 Å². The quantitative estimate of drug-likeness (QED) is 0.650. The lowest BCUT2D eigenvalue weighted by Gasteiger charge is -2.08. The molecule has 0 heterocycles. The van der Waals surface area contributed by atoms with E-state index in [1.54, 1.807) is 12.1 Å². The molecule has 1 N–H and O–H groups in total. The maximum atomic E-state index is 11.8. The lowest BCUT2D eigenvalue weighted by atomic mass is 10.2. The molecular formula is C15H13ClN2O4. The first-order valence-electron chi connectivity index (χ1n) is 6.48. The summed E-state index contributed by atoms with van der Waals surface area (Å²) in [6.07, 6.45) is 0.105. The lowest BCUT2D eigenvalue weighted by molar-refractivity contribution is -0.384. The molecule has 0 aliphatic carbocycles. The number of anilines is 1. The molecule has 0 aliphatic rings. The summed E-state index contributed by atoms with van der Waals surface area (Å²) in [5.74, 6) is 0.335. The van der Waals surface area contributed by atoms with E-state index in [-0.39, 0.29) is 35.3 Å². The van der Waals surface area contributed by atoms with Gasteiger partial charge < -0.3 is 10.1 Å². The fraction of sp³-hybridized carbons (Fsp3) is 0.133. The molecule has 0 radical (unpaired) electrons. The predicted molar refractivity (Wildman–Crippen MR) is 83.3 cm³/mol. The zero-order valence-electron chi connectivity index (χ0n) is 11.5. The molecule has 0 bridgehead atoms. The number of nitrogens with one attached hydrogen (secondary N) is 1. The Hall–Kier alpha value is -2.60. The first kappa shape index (κ1) is 15.8. The van der Waals surface area contributed by atoms with Gasteiger partial charge in [0.05, 0.1) is 28.7 Å². The number of carbonyl (C=O) groups excluding carboxylic acids is 1. The van der Waals surface area contributed by atoms with E-state index in [1.165, 1.54) is 18.2 Å². The third kappa shape index (κ3) is 4.46. The molecule has 0 saturated carbocycles. The summed E-state index contributed by atoms with van der Waals surface area (Å²) < 4.78 is 5.40. The number of rotatable bonds is 6. The standard InChI is InChI=1S/C15H13ClN2O4/c16-13-7-6-11(18(20)21)10-14(13)17-15(19)8-9-22-12-4-2-1-3-5-12/h1-7,10H,8-9H2,(H,17,19). The number of benzene rings is 2. The highest BCUT2D eigenvalue weighted by Crippen LogP contribution is 2.26. The van der Waals surface area contributed by atoms with Crippen molar-refractivity contribution in [2.45, 2.75) is 6.42 Å². The summed E-state index contributed by atoms with van der Waals surface area (Å²) >= 11 is 5.91. The maximum Gasteiger partial charge on any atom is 0.271 e. The van der Waals surface area contributed by atoms with Gasteiger partial charge in [-0.2, -0.15) is 0 Å². The number of nitrogens with zero attached hydrogens (tertiary/aromatic N) is 1. The SMILES string of the molecule is O=C(CCOc1ccccc1)Nc1cc([N+](=O)[O-])ccc1Cl. The molecule has 0 atom stereocenters. The number of non-ortho nitro benzene ring substituents is 1. The van der Waals surface area contributed by atoms with Gasteiger partial charge in [0.25, 0.3) is 5.69 Å². The number of para-hydroxylation sites is 1. The molecule has 6 nitrogen and oxygen atoms in total. The van der Waals surface area contributed by atoms with Crippen LogP contribution in [0, 0.1) is 10.1 Å². The highest BCUT2D eigenvalue weighted by atomic mass is 35.5. The average molecular weight is 321 g/mol. The third-order valence-corrected chi connectivity index (χ3v) is 3.11. The normalized spacial score (nSPS) is 10.0. The van der Waals surface area contributed by atoms with Crippen molar-refractivity contribution >= 4 is 28.9 Å². The maximum absolute atomic E-state index is 11.8. The monoisotopic (exact) mass is 320 g/mol. The number of nitro benzene ring substituents is 1. The van der Waals surface area contributed by atoms with E-state index in [9.17, 15) is 14.9 Å². The number of carbonyl (C=O) groups is 1. The summed E-state index contributed by atoms with van der Waals surface area (Å²) in [6, 6.07) is 13.0. The molecule has 2 aromatic rings. The summed E-state index contributed by atoms with van der Waals surface area (Å²) in [4.78, 5) is 22.0. The van der Waals surface area contributed by atoms with Gasteiger partial charge in [-0.15, -0.1) is 0 Å². The number of nitro groups is 1. The number of hydrogen-bond donors (Lipinski definition) is 1. The van der Waals surface area contributed by atoms with Crippen LogP contribution in [0.25, 0.3) is 0 Å². The second-order valence-electron chi connectivity index (χ2n) is 4.38. The molecule has 0 fully saturated rings. The molecular weight excluding hydrogens is 308 g/mol. The van der Waals surface area contributed by atoms with E-state index in [0.717, 1.165) is 0 Å². The molecule has 0 aromatic heterocycles. The van der Waals surface area contributed by atoms with Gasteiger partial charge in [-0.25, -0.2) is 0 Å². The van der Waals surface area contributed by atoms with E-state index in [4.69, 9.17) is 16.3 Å². The predicted octanol–water partition coefficient (Wildman–Crippen LogP) is 3.66. The van der Waals surface area contributed by atoms with Crippen LogP contribution in [-0.4, -0.2) is 17.4 Å². The fourth-order valence-electron chi connectivity index (χ4n) is 1.71. The smallest absolute Gasteiger partial charge is 0.271 e. The van der Waals surface area contributed by atoms with Gasteiger partial charge in [0, 0.05) is 12.1 Å². The molecule has 22 heavy (non-hydrogen) atoms. The van der Waals surface area contributed by atoms with Crippen LogP contribution in [0.4, 0.5) is 11.4 Å². The van der Waals surface area contributed by atoms with E-state index in [2.05, 4.69) is 5.32 Å². The van der Waals surface area contributed by atoms with Gasteiger partial charge in [-0.05, 0) is 18.2 Å². The Morgan fingerprint density at radius 3 is 2.64 bits per heavy atom. The van der Waals surface area contributed by atoms with E-state index >= 15 is 0 Å². The third-order valence-electron chi connectivity index (χ3n) is 2.78. The summed E-state index contributed by atoms with van der Waals surface area (Å²) in [5.41, 5.74) is 0.0702. The fourth-order valence-corrected chi connectivity index (χ4v) is 1.88. The second-order valence-corrected chi connectivity index (χ2v) is 4.79. The zero-order valence-corrected chi connectivity index (χ0v) is 12.2. The number of halogens is 1. The van der Waals surface area contributed by atoms with Crippen LogP contribution >= 0.6 is 11.6 Å². The van der Waals surface area contributed by atoms with Gasteiger partial charge in [-0.3, -0.25) is 14.9 Å². The van der Waals surface area contributed by atoms with Crippen LogP contribution in [0.5, 0.6) is 5.75 Å². The van der Waals surface area contributed by atoms with E-state index in [1.807, 2.05) is 18.2 Å². The lowest BCUT2D eigenvalue weighted by Crippen LogP contribution is -2.15. The van der Waals surface area contributed by atoms with Crippen LogP contribution in [0.2, 0.25) is 5.02 Å². The molecule has 1 amide bonds. The summed E-state index contributed by atoms with van der Waals surface area (Å²) in [6.45, 7) is 0.197. The average Bonchev–Trinajstić information content (AvgIpc) is 2.50. The molecule has 2 rings (SSSR count). The van der Waals surface area contributed by atoms with Crippen LogP contribution in [0.3, 0.4) is 0 Å². The molecule has 0 aliphatic heterocycles. The van der Waals surface area contributed by atoms with Gasteiger partial charge in [0.2, 0.25) is 5.91 Å². The van der Waals surface area contributed by atoms with Crippen molar-refractivity contribution in [1.29, 1.82) is 0 Å². The Balaban J connectivity index is 1.89. The molecule has 0 saturated heterocycles. The second kappa shape index (κ2) is 7.42. The largest absolute Gasteiger partial charge is 0.493 e. The van der Waals surface area contributed by atoms with Crippen molar-refractivity contribution in [2.75, 3.05) is 11.9 Å². The van der Waals surface area contributed by atoms with Gasteiger partial charge in [-0.1, -0.05) is 29.8 Å². The summed E-state index contributed by atoms with van der Waals surface area (Å²) in [5, 5.41) is 13.5. The van der Waals surface area contributed by atoms with Crippen LogP contribution in [0.1, 0.15) is 6.42 Å². The Morgan fingerprint density at radius 1 is 1.23 bits per heavy atom. The Labute approximate surface area is 131 Å². The van der Waals surface area contributed by atoms with Crippen molar-refractivity contribution in [3.63, 3.8) is 0 Å². The van der Waals surface area contributed by atoms with Crippen LogP contribution in [0.15, 0.2) is 48.5 Å². The molecule has 0 spiro atoms. The number of ether oxygens (including phenoxy) is 1. The van der Waals surface area contributed by atoms with Crippen LogP contribution in [-0.2, 0) is 4.79 Å². The first-order chi connectivity index (χ1) is 10.6. The number of hydrogen-bond acceptors (Lipinski definition) is 4. The summed E-state index contributed by atoms with van der Waals surface area (Å²) in [7, 11) is 0. The number of amides is 1.